The highest BCUT2D eigenvalue weighted by Crippen LogP contribution is 1.91. The average Bonchev–Trinajstić information content (AvgIpc) is 1.82. The average molecular weight is 165 g/mol. The van der Waals surface area contributed by atoms with Crippen LogP contribution in [0.2, 0.25) is 0 Å². The fourth-order valence-electron chi connectivity index (χ4n) is 0.222. The molecule has 10 heavy (non-hydrogen) atoms. The van der Waals surface area contributed by atoms with Crippen LogP contribution in [0.25, 0.3) is 0 Å². The van der Waals surface area contributed by atoms with Crippen LogP contribution in [0.3, 0.4) is 0 Å². The van der Waals surface area contributed by atoms with Gasteiger partial charge in [0.15, 0.2) is 0 Å². The van der Waals surface area contributed by atoms with Crippen LogP contribution in [0.5, 0.6) is 0 Å². The summed E-state index contributed by atoms with van der Waals surface area (Å²) in [6.45, 7) is 3.25. The van der Waals surface area contributed by atoms with Gasteiger partial charge >= 0.3 is 11.6 Å². The van der Waals surface area contributed by atoms with Crippen molar-refractivity contribution in [2.75, 3.05) is 6.61 Å². The molecule has 0 N–H and O–H groups in total. The molecule has 4 nitrogen and oxygen atoms in total. The molecule has 0 saturated carbocycles. The molecule has 0 aromatic heterocycles. The number of hydrogen-bond donors (Lipinski definition) is 0. The third-order valence-corrected chi connectivity index (χ3v) is 0.560. The standard InChI is InChI=1S/C5H5ClO4/c1-2-3-9-5(8)10-4(6)7/h2H,1,3H2. The van der Waals surface area contributed by atoms with E-state index in [1.807, 2.05) is 0 Å². The second-order valence-corrected chi connectivity index (χ2v) is 1.50. The zero-order chi connectivity index (χ0) is 7.98. The summed E-state index contributed by atoms with van der Waals surface area (Å²) in [6, 6.07) is 0. The molecule has 0 radical (unpaired) electrons. The molecule has 0 bridgehead atoms. The van der Waals surface area contributed by atoms with Crippen molar-refractivity contribution in [1.82, 2.24) is 0 Å². The first-order chi connectivity index (χ1) is 4.66. The Kier molecular flexibility index (Phi) is 4.32. The van der Waals surface area contributed by atoms with E-state index in [0.29, 0.717) is 0 Å². The Morgan fingerprint density at radius 3 is 2.60 bits per heavy atom. The minimum Gasteiger partial charge on any atom is -0.430 e. The second-order valence-electron chi connectivity index (χ2n) is 1.19. The van der Waals surface area contributed by atoms with E-state index in [1.54, 1.807) is 0 Å². The van der Waals surface area contributed by atoms with Crippen molar-refractivity contribution in [3.63, 3.8) is 0 Å². The third kappa shape index (κ3) is 5.11. The van der Waals surface area contributed by atoms with Crippen LogP contribution in [-0.2, 0) is 9.47 Å². The summed E-state index contributed by atoms with van der Waals surface area (Å²) in [7, 11) is 0. The van der Waals surface area contributed by atoms with E-state index in [4.69, 9.17) is 0 Å². The fourth-order valence-corrected chi connectivity index (χ4v) is 0.285. The summed E-state index contributed by atoms with van der Waals surface area (Å²) in [4.78, 5) is 20.0. The van der Waals surface area contributed by atoms with Crippen molar-refractivity contribution in [2.45, 2.75) is 0 Å². The molecule has 0 unspecified atom stereocenters. The lowest BCUT2D eigenvalue weighted by atomic mass is 10.7. The molecule has 0 rings (SSSR count). The summed E-state index contributed by atoms with van der Waals surface area (Å²) < 4.78 is 7.99. The van der Waals surface area contributed by atoms with Gasteiger partial charge < -0.3 is 9.47 Å². The van der Waals surface area contributed by atoms with Crippen LogP contribution in [0.15, 0.2) is 12.7 Å². The first kappa shape index (κ1) is 8.97. The molecule has 0 fully saturated rings. The van der Waals surface area contributed by atoms with Gasteiger partial charge in [-0.25, -0.2) is 9.59 Å². The summed E-state index contributed by atoms with van der Waals surface area (Å²) in [5.74, 6) is 0. The predicted molar refractivity (Wildman–Crippen MR) is 33.9 cm³/mol. The zero-order valence-electron chi connectivity index (χ0n) is 5.00. The summed E-state index contributed by atoms with van der Waals surface area (Å²) in [5, 5.41) is 0. The van der Waals surface area contributed by atoms with Gasteiger partial charge in [-0.3, -0.25) is 0 Å². The minimum atomic E-state index is -1.21. The molecule has 0 spiro atoms. The lowest BCUT2D eigenvalue weighted by Crippen LogP contribution is -2.08. The zero-order valence-corrected chi connectivity index (χ0v) is 5.76. The Morgan fingerprint density at radius 1 is 1.60 bits per heavy atom. The molecule has 0 saturated heterocycles. The molecule has 5 heteroatoms. The fraction of sp³-hybridized carbons (Fsp3) is 0.200. The maximum absolute atomic E-state index is 10.2. The van der Waals surface area contributed by atoms with Crippen LogP contribution in [0.4, 0.5) is 9.59 Å². The number of carbonyl (C=O) groups excluding carboxylic acids is 2. The molecule has 0 aliphatic heterocycles. The SMILES string of the molecule is C=CCOC(=O)OC(=O)Cl. The summed E-state index contributed by atoms with van der Waals surface area (Å²) in [6.07, 6.45) is 0.208. The van der Waals surface area contributed by atoms with Crippen LogP contribution < -0.4 is 0 Å². The van der Waals surface area contributed by atoms with E-state index in [1.165, 1.54) is 6.08 Å². The van der Waals surface area contributed by atoms with Gasteiger partial charge in [0.1, 0.15) is 6.61 Å². The van der Waals surface area contributed by atoms with E-state index in [-0.39, 0.29) is 6.61 Å². The first-order valence-electron chi connectivity index (χ1n) is 2.31. The van der Waals surface area contributed by atoms with Gasteiger partial charge in [0.25, 0.3) is 0 Å². The van der Waals surface area contributed by atoms with Gasteiger partial charge in [0.2, 0.25) is 0 Å². The van der Waals surface area contributed by atoms with Gasteiger partial charge in [-0.1, -0.05) is 12.7 Å². The van der Waals surface area contributed by atoms with E-state index < -0.39 is 11.6 Å². The molecule has 0 aliphatic rings. The van der Waals surface area contributed by atoms with Crippen LogP contribution in [0.1, 0.15) is 0 Å². The third-order valence-electron chi connectivity index (χ3n) is 0.483. The molecule has 0 amide bonds. The first-order valence-corrected chi connectivity index (χ1v) is 2.69. The molecule has 56 valence electrons. The van der Waals surface area contributed by atoms with Crippen molar-refractivity contribution in [3.8, 4) is 0 Å². The maximum atomic E-state index is 10.2. The molecular weight excluding hydrogens is 160 g/mol. The number of ether oxygens (including phenoxy) is 2. The molecule has 0 heterocycles. The molecule has 0 aliphatic carbocycles. The van der Waals surface area contributed by atoms with Gasteiger partial charge in [-0.2, -0.15) is 0 Å². The van der Waals surface area contributed by atoms with Gasteiger partial charge in [0.05, 0.1) is 0 Å². The van der Waals surface area contributed by atoms with Crippen molar-refractivity contribution < 1.29 is 19.1 Å². The molecule has 0 aromatic carbocycles. The second kappa shape index (κ2) is 4.81. The lowest BCUT2D eigenvalue weighted by Gasteiger charge is -1.96. The molecule has 0 aromatic rings. The van der Waals surface area contributed by atoms with Crippen molar-refractivity contribution in [3.05, 3.63) is 12.7 Å². The number of hydrogen-bond acceptors (Lipinski definition) is 4. The number of carbonyl (C=O) groups is 2. The largest absolute Gasteiger partial charge is 0.517 e. The summed E-state index contributed by atoms with van der Waals surface area (Å²) in [5.41, 5.74) is -1.21. The Labute approximate surface area is 62.4 Å². The Balaban J connectivity index is 3.43. The van der Waals surface area contributed by atoms with Gasteiger partial charge in [-0.05, 0) is 0 Å². The van der Waals surface area contributed by atoms with E-state index >= 15 is 0 Å². The Hall–Kier alpha value is -1.03. The Bertz CT molecular complexity index is 154. The predicted octanol–water partition coefficient (Wildman–Crippen LogP) is 1.68. The van der Waals surface area contributed by atoms with Gasteiger partial charge in [0, 0.05) is 11.6 Å². The highest BCUT2D eigenvalue weighted by molar-refractivity contribution is 6.61. The summed E-state index contributed by atoms with van der Waals surface area (Å²) >= 11 is 4.66. The number of halogens is 1. The highest BCUT2D eigenvalue weighted by atomic mass is 35.5. The monoisotopic (exact) mass is 164 g/mol. The molecular formula is C5H5ClO4. The highest BCUT2D eigenvalue weighted by Gasteiger charge is 2.06. The quantitative estimate of drug-likeness (QED) is 0.270. The van der Waals surface area contributed by atoms with Crippen LogP contribution in [0, 0.1) is 0 Å². The normalized spacial score (nSPS) is 8.10. The maximum Gasteiger partial charge on any atom is 0.517 e. The topological polar surface area (TPSA) is 52.6 Å². The van der Waals surface area contributed by atoms with E-state index in [9.17, 15) is 9.59 Å². The lowest BCUT2D eigenvalue weighted by molar-refractivity contribution is 0.0918. The smallest absolute Gasteiger partial charge is 0.430 e. The molecule has 0 atom stereocenters. The minimum absolute atomic E-state index is 0.0109. The van der Waals surface area contributed by atoms with Crippen molar-refractivity contribution in [2.24, 2.45) is 0 Å². The van der Waals surface area contributed by atoms with Crippen molar-refractivity contribution >= 4 is 23.2 Å². The Morgan fingerprint density at radius 2 is 2.20 bits per heavy atom. The van der Waals surface area contributed by atoms with Crippen LogP contribution >= 0.6 is 11.6 Å². The van der Waals surface area contributed by atoms with E-state index in [0.717, 1.165) is 0 Å². The van der Waals surface area contributed by atoms with Crippen molar-refractivity contribution in [1.29, 1.82) is 0 Å². The number of rotatable bonds is 2. The van der Waals surface area contributed by atoms with Crippen LogP contribution in [-0.4, -0.2) is 18.2 Å². The van der Waals surface area contributed by atoms with Gasteiger partial charge in [-0.15, -0.1) is 0 Å². The van der Waals surface area contributed by atoms with E-state index in [2.05, 4.69) is 27.7 Å².